The Morgan fingerprint density at radius 1 is 1.16 bits per heavy atom. The first-order chi connectivity index (χ1) is 18.2. The van der Waals surface area contributed by atoms with Crippen LogP contribution in [0.5, 0.6) is 5.75 Å². The molecule has 0 heterocycles. The van der Waals surface area contributed by atoms with Gasteiger partial charge in [0, 0.05) is 23.1 Å². The molecule has 0 aliphatic rings. The summed E-state index contributed by atoms with van der Waals surface area (Å²) in [6.45, 7) is 14.9. The maximum absolute atomic E-state index is 13.7. The minimum absolute atomic E-state index is 0.0941. The first-order valence-electron chi connectivity index (χ1n) is 13.7. The smallest absolute Gasteiger partial charge is 0.160 e. The molecule has 0 saturated carbocycles. The number of nitrogens with one attached hydrogen (secondary N) is 1. The second-order valence-corrected chi connectivity index (χ2v) is 10.3. The van der Waals surface area contributed by atoms with Gasteiger partial charge in [-0.2, -0.15) is 0 Å². The van der Waals surface area contributed by atoms with Crippen molar-refractivity contribution in [1.29, 1.82) is 0 Å². The molecule has 3 N–H and O–H groups in total. The Morgan fingerprint density at radius 2 is 1.87 bits per heavy atom. The van der Waals surface area contributed by atoms with Crippen LogP contribution in [0.1, 0.15) is 94.8 Å². The van der Waals surface area contributed by atoms with Crippen molar-refractivity contribution in [1.82, 2.24) is 0 Å². The van der Waals surface area contributed by atoms with Crippen LogP contribution in [-0.4, -0.2) is 19.4 Å². The topological polar surface area (TPSA) is 64.3 Å². The lowest BCUT2D eigenvalue weighted by atomic mass is 10.0. The number of nitrogens with two attached hydrogens (primary N) is 1. The molecule has 0 amide bonds. The molecule has 1 unspecified atom stereocenters. The Bertz CT molecular complexity index is 1100. The molecule has 2 rings (SSSR count). The largest absolute Gasteiger partial charge is 0.493 e. The van der Waals surface area contributed by atoms with E-state index in [1.165, 1.54) is 29.4 Å². The quantitative estimate of drug-likeness (QED) is 0.247. The van der Waals surface area contributed by atoms with Crippen LogP contribution in [0.25, 0.3) is 4.91 Å². The number of allylic oxidation sites excluding steroid dienone is 2. The molecule has 210 valence electrons. The number of hydrogen-bond donors (Lipinski definition) is 2. The van der Waals surface area contributed by atoms with Gasteiger partial charge in [-0.1, -0.05) is 71.0 Å². The van der Waals surface area contributed by atoms with Crippen LogP contribution in [0.2, 0.25) is 0 Å². The normalized spacial score (nSPS) is 12.4. The number of anilines is 1. The summed E-state index contributed by atoms with van der Waals surface area (Å²) in [5.74, 6) is 1.32. The lowest BCUT2D eigenvalue weighted by Crippen LogP contribution is -2.05. The summed E-state index contributed by atoms with van der Waals surface area (Å²) in [7, 11) is 1.66. The van der Waals surface area contributed by atoms with Gasteiger partial charge in [0.25, 0.3) is 0 Å². The van der Waals surface area contributed by atoms with E-state index in [4.69, 9.17) is 10.5 Å². The Balaban J connectivity index is 0.000000437. The highest BCUT2D eigenvalue weighted by Crippen LogP contribution is 2.34. The summed E-state index contributed by atoms with van der Waals surface area (Å²) in [4.78, 5) is 12.4. The van der Waals surface area contributed by atoms with Crippen LogP contribution >= 0.6 is 11.8 Å². The molecule has 0 spiro atoms. The van der Waals surface area contributed by atoms with Crippen molar-refractivity contribution in [3.63, 3.8) is 0 Å². The number of ketones is 1. The molecule has 38 heavy (non-hydrogen) atoms. The van der Waals surface area contributed by atoms with Crippen molar-refractivity contribution in [2.45, 2.75) is 80.6 Å². The number of hydrogen-bond acceptors (Lipinski definition) is 5. The fourth-order valence-electron chi connectivity index (χ4n) is 3.87. The van der Waals surface area contributed by atoms with Crippen molar-refractivity contribution >= 4 is 28.1 Å². The maximum atomic E-state index is 13.7. The first-order valence-corrected chi connectivity index (χ1v) is 14.5. The average molecular weight is 543 g/mol. The maximum Gasteiger partial charge on any atom is 0.160 e. The average Bonchev–Trinajstić information content (AvgIpc) is 2.91. The Hall–Kier alpha value is -2.73. The van der Waals surface area contributed by atoms with Gasteiger partial charge in [0.2, 0.25) is 0 Å². The fraction of sp³-hybridized carbons (Fsp3) is 0.469. The predicted octanol–water partition coefficient (Wildman–Crippen LogP) is 9.00. The van der Waals surface area contributed by atoms with E-state index in [0.717, 1.165) is 36.6 Å². The Morgan fingerprint density at radius 3 is 2.39 bits per heavy atom. The van der Waals surface area contributed by atoms with Crippen molar-refractivity contribution in [3.05, 3.63) is 75.6 Å². The Labute approximate surface area is 234 Å². The van der Waals surface area contributed by atoms with E-state index < -0.39 is 0 Å². The van der Waals surface area contributed by atoms with Crippen LogP contribution in [0, 0.1) is 11.7 Å². The molecule has 2 aromatic rings. The van der Waals surface area contributed by atoms with Crippen molar-refractivity contribution in [2.75, 3.05) is 19.0 Å². The summed E-state index contributed by atoms with van der Waals surface area (Å²) in [5, 5.41) is 3.61. The lowest BCUT2D eigenvalue weighted by molar-refractivity contribution is 0.101. The zero-order valence-corrected chi connectivity index (χ0v) is 25.4. The molecular weight excluding hydrogens is 495 g/mol. The van der Waals surface area contributed by atoms with Gasteiger partial charge < -0.3 is 15.8 Å². The second-order valence-electron chi connectivity index (χ2n) is 9.21. The molecule has 6 heteroatoms. The summed E-state index contributed by atoms with van der Waals surface area (Å²) in [5.41, 5.74) is 9.94. The van der Waals surface area contributed by atoms with Gasteiger partial charge in [-0.05, 0) is 80.8 Å². The van der Waals surface area contributed by atoms with E-state index in [0.29, 0.717) is 29.2 Å². The van der Waals surface area contributed by atoms with Gasteiger partial charge in [0.1, 0.15) is 11.6 Å². The van der Waals surface area contributed by atoms with Crippen molar-refractivity contribution in [2.24, 2.45) is 11.7 Å². The second kappa shape index (κ2) is 17.7. The summed E-state index contributed by atoms with van der Waals surface area (Å²) >= 11 is 1.63. The molecular formula is C32H47FN2O2S. The van der Waals surface area contributed by atoms with Gasteiger partial charge in [-0.3, -0.25) is 4.79 Å². The molecule has 1 atom stereocenters. The van der Waals surface area contributed by atoms with Gasteiger partial charge in [-0.15, -0.1) is 0 Å². The number of Topliss-reactive ketones (excluding diaryl/α,β-unsaturated/α-hetero) is 1. The van der Waals surface area contributed by atoms with Gasteiger partial charge in [0.15, 0.2) is 5.78 Å². The molecule has 0 saturated heterocycles. The highest BCUT2D eigenvalue weighted by Gasteiger charge is 2.13. The van der Waals surface area contributed by atoms with E-state index >= 15 is 0 Å². The molecule has 0 fully saturated rings. The number of halogens is 1. The monoisotopic (exact) mass is 542 g/mol. The number of benzene rings is 2. The molecule has 0 radical (unpaired) electrons. The number of aryl methyl sites for hydroxylation is 1. The van der Waals surface area contributed by atoms with Crippen LogP contribution < -0.4 is 15.8 Å². The zero-order valence-electron chi connectivity index (χ0n) is 24.5. The van der Waals surface area contributed by atoms with Crippen LogP contribution in [0.3, 0.4) is 0 Å². The summed E-state index contributed by atoms with van der Waals surface area (Å²) in [6.07, 6.45) is 8.94. The van der Waals surface area contributed by atoms with E-state index in [9.17, 15) is 9.18 Å². The Kier molecular flexibility index (Phi) is 15.5. The standard InChI is InChI=1S/C21H33NOS.C11H14FNO/c1-6-10-21(22)24-20(9-4)18-11-12-19(17(8-3)15-18)23-14-13-16(5)7-2;1-4-8-9(7(2)14)5-6-10(13-3)11(8)12/h9-12,15-16H,6-8,13-14,22H2,1-5H3;5-6,13H,4H2,1-3H3/b20-9-,21-10-;. The highest BCUT2D eigenvalue weighted by atomic mass is 32.2. The van der Waals surface area contributed by atoms with E-state index in [-0.39, 0.29) is 11.6 Å². The fourth-order valence-corrected chi connectivity index (χ4v) is 4.73. The first kappa shape index (κ1) is 33.3. The molecule has 0 aliphatic carbocycles. The zero-order chi connectivity index (χ0) is 28.7. The number of ether oxygens (including phenoxy) is 1. The minimum atomic E-state index is -0.317. The third-order valence-electron chi connectivity index (χ3n) is 6.43. The van der Waals surface area contributed by atoms with Crippen LogP contribution in [0.15, 0.2) is 47.5 Å². The number of carbonyl (C=O) groups is 1. The van der Waals surface area contributed by atoms with Crippen LogP contribution in [-0.2, 0) is 12.8 Å². The molecule has 2 aromatic carbocycles. The third-order valence-corrected chi connectivity index (χ3v) is 7.53. The molecule has 4 nitrogen and oxygen atoms in total. The number of rotatable bonds is 13. The van der Waals surface area contributed by atoms with Crippen LogP contribution in [0.4, 0.5) is 10.1 Å². The predicted molar refractivity (Wildman–Crippen MR) is 165 cm³/mol. The number of thioether (sulfide) groups is 1. The molecule has 0 aromatic heterocycles. The highest BCUT2D eigenvalue weighted by molar-refractivity contribution is 8.11. The molecule has 0 bridgehead atoms. The minimum Gasteiger partial charge on any atom is -0.493 e. The third kappa shape index (κ3) is 10.2. The van der Waals surface area contributed by atoms with E-state index in [1.807, 2.05) is 6.92 Å². The van der Waals surface area contributed by atoms with E-state index in [2.05, 4.69) is 70.3 Å². The lowest BCUT2D eigenvalue weighted by Gasteiger charge is -2.15. The molecule has 0 aliphatic heterocycles. The van der Waals surface area contributed by atoms with Gasteiger partial charge in [0.05, 0.1) is 17.3 Å². The van der Waals surface area contributed by atoms with Crippen molar-refractivity contribution < 1.29 is 13.9 Å². The summed E-state index contributed by atoms with van der Waals surface area (Å²) < 4.78 is 19.7. The van der Waals surface area contributed by atoms with Gasteiger partial charge in [-0.25, -0.2) is 4.39 Å². The number of carbonyl (C=O) groups excluding carboxylic acids is 1. The summed E-state index contributed by atoms with van der Waals surface area (Å²) in [6, 6.07) is 9.73. The SMILES string of the molecule is C/C=C(\S/C(N)=C\CC)c1ccc(OCCC(C)CC)c(CC)c1.CCc1c(C(C)=O)ccc(NC)c1F. The van der Waals surface area contributed by atoms with Crippen molar-refractivity contribution in [3.8, 4) is 5.75 Å². The van der Waals surface area contributed by atoms with E-state index in [1.54, 1.807) is 30.9 Å². The van der Waals surface area contributed by atoms with Gasteiger partial charge >= 0.3 is 0 Å².